The second-order valence-electron chi connectivity index (χ2n) is 3.63. The van der Waals surface area contributed by atoms with Gasteiger partial charge in [0.25, 0.3) is 0 Å². The molecule has 0 aliphatic heterocycles. The summed E-state index contributed by atoms with van der Waals surface area (Å²) < 4.78 is 0. The van der Waals surface area contributed by atoms with Crippen molar-refractivity contribution in [1.82, 2.24) is 10.3 Å². The van der Waals surface area contributed by atoms with Crippen molar-refractivity contribution in [3.63, 3.8) is 0 Å². The quantitative estimate of drug-likeness (QED) is 0.708. The van der Waals surface area contributed by atoms with Crippen molar-refractivity contribution in [3.05, 3.63) is 17.8 Å². The summed E-state index contributed by atoms with van der Waals surface area (Å²) in [5.41, 5.74) is 6.87. The lowest BCUT2D eigenvalue weighted by molar-refractivity contribution is 0.709. The summed E-state index contributed by atoms with van der Waals surface area (Å²) in [5.74, 6) is 0.732. The number of nitrogens with two attached hydrogens (primary N) is 1. The predicted molar refractivity (Wildman–Crippen MR) is 65.2 cm³/mol. The SMILES string of the molecule is CNCCCN(C)c1ncc(C#N)cc1N. The molecule has 0 atom stereocenters. The first-order valence-corrected chi connectivity index (χ1v) is 5.20. The molecule has 0 spiro atoms. The van der Waals surface area contributed by atoms with Crippen LogP contribution in [-0.4, -0.2) is 32.2 Å². The van der Waals surface area contributed by atoms with E-state index in [0.29, 0.717) is 11.3 Å². The molecule has 1 heterocycles. The Morgan fingerprint density at radius 1 is 1.62 bits per heavy atom. The van der Waals surface area contributed by atoms with E-state index in [9.17, 15) is 0 Å². The zero-order chi connectivity index (χ0) is 12.0. The van der Waals surface area contributed by atoms with Gasteiger partial charge in [0.1, 0.15) is 6.07 Å². The van der Waals surface area contributed by atoms with Gasteiger partial charge in [0.15, 0.2) is 5.82 Å². The Bertz CT molecular complexity index is 382. The molecule has 0 unspecified atom stereocenters. The highest BCUT2D eigenvalue weighted by Crippen LogP contribution is 2.19. The third-order valence-electron chi connectivity index (χ3n) is 2.31. The summed E-state index contributed by atoms with van der Waals surface area (Å²) in [5, 5.41) is 11.8. The van der Waals surface area contributed by atoms with Crippen molar-refractivity contribution in [1.29, 1.82) is 5.26 Å². The minimum atomic E-state index is 0.491. The second kappa shape index (κ2) is 5.93. The summed E-state index contributed by atoms with van der Waals surface area (Å²) in [6, 6.07) is 3.66. The van der Waals surface area contributed by atoms with E-state index in [4.69, 9.17) is 11.0 Å². The second-order valence-corrected chi connectivity index (χ2v) is 3.63. The molecule has 86 valence electrons. The Morgan fingerprint density at radius 3 is 2.94 bits per heavy atom. The van der Waals surface area contributed by atoms with Gasteiger partial charge in [-0.05, 0) is 26.1 Å². The Labute approximate surface area is 95.9 Å². The Balaban J connectivity index is 2.69. The normalized spacial score (nSPS) is 9.81. The van der Waals surface area contributed by atoms with Crippen LogP contribution < -0.4 is 16.0 Å². The Kier molecular flexibility index (Phi) is 4.55. The maximum absolute atomic E-state index is 8.70. The number of nitrogen functional groups attached to an aromatic ring is 1. The third-order valence-corrected chi connectivity index (χ3v) is 2.31. The molecule has 0 aromatic carbocycles. The van der Waals surface area contributed by atoms with Gasteiger partial charge in [0, 0.05) is 19.8 Å². The van der Waals surface area contributed by atoms with Crippen molar-refractivity contribution in [2.75, 3.05) is 37.8 Å². The molecule has 0 radical (unpaired) electrons. The van der Waals surface area contributed by atoms with Gasteiger partial charge in [-0.25, -0.2) is 4.98 Å². The molecule has 0 aliphatic rings. The Hall–Kier alpha value is -1.80. The topological polar surface area (TPSA) is 78.0 Å². The number of pyridine rings is 1. The molecule has 1 aromatic heterocycles. The Morgan fingerprint density at radius 2 is 2.38 bits per heavy atom. The fourth-order valence-electron chi connectivity index (χ4n) is 1.45. The lowest BCUT2D eigenvalue weighted by Gasteiger charge is -2.19. The van der Waals surface area contributed by atoms with Crippen molar-refractivity contribution < 1.29 is 0 Å². The standard InChI is InChI=1S/C11H17N5/c1-14-4-3-5-16(2)11-10(13)6-9(7-12)8-15-11/h6,8,14H,3-5,13H2,1-2H3. The van der Waals surface area contributed by atoms with Crippen molar-refractivity contribution in [2.45, 2.75) is 6.42 Å². The minimum Gasteiger partial charge on any atom is -0.396 e. The highest BCUT2D eigenvalue weighted by molar-refractivity contribution is 5.64. The molecule has 0 saturated carbocycles. The van der Waals surface area contributed by atoms with E-state index in [-0.39, 0.29) is 0 Å². The number of nitrogens with zero attached hydrogens (tertiary/aromatic N) is 3. The van der Waals surface area contributed by atoms with Crippen molar-refractivity contribution >= 4 is 11.5 Å². The molecule has 0 bridgehead atoms. The number of hydrogen-bond donors (Lipinski definition) is 2. The maximum Gasteiger partial charge on any atom is 0.151 e. The van der Waals surface area contributed by atoms with Gasteiger partial charge in [-0.2, -0.15) is 5.26 Å². The molecule has 0 amide bonds. The molecule has 1 rings (SSSR count). The molecule has 1 aromatic rings. The number of anilines is 2. The number of aromatic nitrogens is 1. The van der Waals surface area contributed by atoms with Crippen LogP contribution in [0.25, 0.3) is 0 Å². The van der Waals surface area contributed by atoms with Gasteiger partial charge in [-0.3, -0.25) is 0 Å². The van der Waals surface area contributed by atoms with Crippen LogP contribution in [-0.2, 0) is 0 Å². The van der Waals surface area contributed by atoms with Crippen LogP contribution in [0.15, 0.2) is 12.3 Å². The zero-order valence-corrected chi connectivity index (χ0v) is 9.70. The number of hydrogen-bond acceptors (Lipinski definition) is 5. The van der Waals surface area contributed by atoms with Crippen molar-refractivity contribution in [2.24, 2.45) is 0 Å². The van der Waals surface area contributed by atoms with Gasteiger partial charge in [0.2, 0.25) is 0 Å². The monoisotopic (exact) mass is 219 g/mol. The van der Waals surface area contributed by atoms with E-state index in [1.54, 1.807) is 12.3 Å². The summed E-state index contributed by atoms with van der Waals surface area (Å²) >= 11 is 0. The average Bonchev–Trinajstić information content (AvgIpc) is 2.29. The smallest absolute Gasteiger partial charge is 0.151 e. The van der Waals surface area contributed by atoms with Gasteiger partial charge in [0.05, 0.1) is 11.3 Å². The molecule has 5 heteroatoms. The van der Waals surface area contributed by atoms with Gasteiger partial charge >= 0.3 is 0 Å². The highest BCUT2D eigenvalue weighted by atomic mass is 15.2. The van der Waals surface area contributed by atoms with E-state index in [1.165, 1.54) is 0 Å². The molecule has 16 heavy (non-hydrogen) atoms. The van der Waals surface area contributed by atoms with E-state index in [1.807, 2.05) is 25.1 Å². The summed E-state index contributed by atoms with van der Waals surface area (Å²) in [7, 11) is 3.87. The first kappa shape index (κ1) is 12.3. The zero-order valence-electron chi connectivity index (χ0n) is 9.70. The van der Waals surface area contributed by atoms with Crippen molar-refractivity contribution in [3.8, 4) is 6.07 Å². The van der Waals surface area contributed by atoms with Crippen LogP contribution in [0.1, 0.15) is 12.0 Å². The molecule has 0 aliphatic carbocycles. The van der Waals surface area contributed by atoms with Gasteiger partial charge in [-0.15, -0.1) is 0 Å². The molecule has 3 N–H and O–H groups in total. The third kappa shape index (κ3) is 3.11. The van der Waals surface area contributed by atoms with Crippen LogP contribution in [0.3, 0.4) is 0 Å². The molecular formula is C11H17N5. The predicted octanol–water partition coefficient (Wildman–Crippen LogP) is 0.581. The highest BCUT2D eigenvalue weighted by Gasteiger charge is 2.07. The van der Waals surface area contributed by atoms with E-state index in [2.05, 4.69) is 10.3 Å². The fourth-order valence-corrected chi connectivity index (χ4v) is 1.45. The van der Waals surface area contributed by atoms with Gasteiger partial charge in [-0.1, -0.05) is 0 Å². The van der Waals surface area contributed by atoms with Crippen LogP contribution >= 0.6 is 0 Å². The van der Waals surface area contributed by atoms with Crippen LogP contribution in [0.2, 0.25) is 0 Å². The molecular weight excluding hydrogens is 202 g/mol. The van der Waals surface area contributed by atoms with Crippen LogP contribution in [0.5, 0.6) is 0 Å². The van der Waals surface area contributed by atoms with Crippen LogP contribution in [0.4, 0.5) is 11.5 Å². The van der Waals surface area contributed by atoms with E-state index >= 15 is 0 Å². The summed E-state index contributed by atoms with van der Waals surface area (Å²) in [6.07, 6.45) is 2.56. The fraction of sp³-hybridized carbons (Fsp3) is 0.455. The number of rotatable bonds is 5. The number of nitrogens with one attached hydrogen (secondary N) is 1. The first-order valence-electron chi connectivity index (χ1n) is 5.20. The maximum atomic E-state index is 8.70. The lowest BCUT2D eigenvalue weighted by atomic mass is 10.2. The molecule has 0 fully saturated rings. The summed E-state index contributed by atoms with van der Waals surface area (Å²) in [4.78, 5) is 6.18. The largest absolute Gasteiger partial charge is 0.396 e. The van der Waals surface area contributed by atoms with Crippen LogP contribution in [0, 0.1) is 11.3 Å². The lowest BCUT2D eigenvalue weighted by Crippen LogP contribution is -2.24. The molecule has 5 nitrogen and oxygen atoms in total. The summed E-state index contributed by atoms with van der Waals surface area (Å²) in [6.45, 7) is 1.84. The average molecular weight is 219 g/mol. The van der Waals surface area contributed by atoms with E-state index < -0.39 is 0 Å². The van der Waals surface area contributed by atoms with E-state index in [0.717, 1.165) is 25.3 Å². The number of nitriles is 1. The first-order chi connectivity index (χ1) is 7.69. The minimum absolute atomic E-state index is 0.491. The molecule has 0 saturated heterocycles. The van der Waals surface area contributed by atoms with Gasteiger partial charge < -0.3 is 16.0 Å².